The average molecular weight is 230 g/mol. The number of benzene rings is 1. The van der Waals surface area contributed by atoms with Crippen LogP contribution in [0.15, 0.2) is 28.8 Å². The van der Waals surface area contributed by atoms with Gasteiger partial charge in [0.1, 0.15) is 17.6 Å². The minimum atomic E-state index is 0.227. The van der Waals surface area contributed by atoms with Gasteiger partial charge >= 0.3 is 0 Å². The Morgan fingerprint density at radius 1 is 1.24 bits per heavy atom. The Hall–Kier alpha value is -2.48. The van der Waals surface area contributed by atoms with E-state index in [0.717, 1.165) is 0 Å². The molecule has 0 amide bonds. The van der Waals surface area contributed by atoms with Crippen molar-refractivity contribution in [2.75, 3.05) is 14.2 Å². The van der Waals surface area contributed by atoms with Gasteiger partial charge in [0, 0.05) is 6.07 Å². The van der Waals surface area contributed by atoms with Crippen LogP contribution >= 0.6 is 0 Å². The van der Waals surface area contributed by atoms with Crippen molar-refractivity contribution in [1.82, 2.24) is 5.16 Å². The van der Waals surface area contributed by atoms with E-state index < -0.39 is 0 Å². The van der Waals surface area contributed by atoms with Crippen molar-refractivity contribution in [3.63, 3.8) is 0 Å². The van der Waals surface area contributed by atoms with Gasteiger partial charge in [0.15, 0.2) is 11.5 Å². The second kappa shape index (κ2) is 4.58. The molecule has 5 nitrogen and oxygen atoms in total. The highest BCUT2D eigenvalue weighted by molar-refractivity contribution is 5.68. The Morgan fingerprint density at radius 3 is 2.65 bits per heavy atom. The number of aromatic nitrogens is 1. The highest BCUT2D eigenvalue weighted by Crippen LogP contribution is 2.33. The van der Waals surface area contributed by atoms with Crippen molar-refractivity contribution in [3.05, 3.63) is 30.0 Å². The van der Waals surface area contributed by atoms with E-state index in [2.05, 4.69) is 5.16 Å². The molecule has 0 atom stereocenters. The van der Waals surface area contributed by atoms with Crippen LogP contribution in [0.1, 0.15) is 5.69 Å². The van der Waals surface area contributed by atoms with Gasteiger partial charge < -0.3 is 14.0 Å². The molecule has 0 saturated carbocycles. The molecule has 0 saturated heterocycles. The van der Waals surface area contributed by atoms with Crippen LogP contribution in [0, 0.1) is 11.3 Å². The summed E-state index contributed by atoms with van der Waals surface area (Å²) in [4.78, 5) is 0. The fraction of sp³-hybridized carbons (Fsp3) is 0.167. The molecule has 0 fully saturated rings. The summed E-state index contributed by atoms with van der Waals surface area (Å²) >= 11 is 0. The maximum absolute atomic E-state index is 8.70. The molecule has 1 heterocycles. The molecule has 0 aliphatic carbocycles. The smallest absolute Gasteiger partial charge is 0.184 e. The molecule has 0 spiro atoms. The number of hydrogen-bond acceptors (Lipinski definition) is 5. The van der Waals surface area contributed by atoms with Crippen molar-refractivity contribution in [3.8, 4) is 28.9 Å². The minimum absolute atomic E-state index is 0.227. The summed E-state index contributed by atoms with van der Waals surface area (Å²) in [5.74, 6) is 1.78. The molecule has 2 rings (SSSR count). The van der Waals surface area contributed by atoms with Crippen molar-refractivity contribution >= 4 is 0 Å². The van der Waals surface area contributed by atoms with E-state index in [9.17, 15) is 0 Å². The molecule has 0 unspecified atom stereocenters. The zero-order valence-electron chi connectivity index (χ0n) is 9.43. The van der Waals surface area contributed by atoms with Crippen LogP contribution in [0.3, 0.4) is 0 Å². The lowest BCUT2D eigenvalue weighted by Crippen LogP contribution is -1.89. The van der Waals surface area contributed by atoms with Crippen molar-refractivity contribution in [1.29, 1.82) is 5.26 Å². The summed E-state index contributed by atoms with van der Waals surface area (Å²) in [6.07, 6.45) is 0. The molecular weight excluding hydrogens is 220 g/mol. The molecule has 1 aromatic heterocycles. The van der Waals surface area contributed by atoms with Crippen LogP contribution in [0.25, 0.3) is 11.3 Å². The van der Waals surface area contributed by atoms with Crippen LogP contribution in [0.5, 0.6) is 11.5 Å². The second-order valence-electron chi connectivity index (χ2n) is 3.25. The Balaban J connectivity index is 2.52. The SMILES string of the molecule is COc1ccc(OC)c(-c2cc(C#N)no2)c1. The van der Waals surface area contributed by atoms with Crippen LogP contribution in [-0.4, -0.2) is 19.4 Å². The normalized spacial score (nSPS) is 9.71. The molecule has 86 valence electrons. The number of nitriles is 1. The first-order chi connectivity index (χ1) is 8.28. The standard InChI is InChI=1S/C12H10N2O3/c1-15-9-3-4-11(16-2)10(6-9)12-5-8(7-13)14-17-12/h3-6H,1-2H3. The van der Waals surface area contributed by atoms with E-state index in [0.29, 0.717) is 22.8 Å². The lowest BCUT2D eigenvalue weighted by atomic mass is 10.1. The van der Waals surface area contributed by atoms with Gasteiger partial charge in [-0.15, -0.1) is 0 Å². The maximum atomic E-state index is 8.70. The van der Waals surface area contributed by atoms with E-state index in [-0.39, 0.29) is 5.69 Å². The first kappa shape index (κ1) is 11.0. The predicted molar refractivity (Wildman–Crippen MR) is 59.8 cm³/mol. The first-order valence-corrected chi connectivity index (χ1v) is 4.87. The van der Waals surface area contributed by atoms with Crippen LogP contribution in [0.4, 0.5) is 0 Å². The van der Waals surface area contributed by atoms with Gasteiger partial charge in [-0.1, -0.05) is 5.16 Å². The third-order valence-corrected chi connectivity index (χ3v) is 2.30. The summed E-state index contributed by atoms with van der Waals surface area (Å²) in [5, 5.41) is 12.3. The molecule has 0 radical (unpaired) electrons. The topological polar surface area (TPSA) is 68.3 Å². The van der Waals surface area contributed by atoms with Crippen LogP contribution < -0.4 is 9.47 Å². The van der Waals surface area contributed by atoms with E-state index in [1.54, 1.807) is 38.5 Å². The third-order valence-electron chi connectivity index (χ3n) is 2.30. The van der Waals surface area contributed by atoms with Gasteiger partial charge in [-0.05, 0) is 18.2 Å². The highest BCUT2D eigenvalue weighted by Gasteiger charge is 2.13. The first-order valence-electron chi connectivity index (χ1n) is 4.87. The molecule has 0 bridgehead atoms. The molecule has 17 heavy (non-hydrogen) atoms. The molecular formula is C12H10N2O3. The van der Waals surface area contributed by atoms with E-state index in [1.165, 1.54) is 0 Å². The van der Waals surface area contributed by atoms with Crippen molar-refractivity contribution in [2.45, 2.75) is 0 Å². The number of rotatable bonds is 3. The van der Waals surface area contributed by atoms with Gasteiger partial charge in [-0.3, -0.25) is 0 Å². The van der Waals surface area contributed by atoms with Gasteiger partial charge in [-0.25, -0.2) is 0 Å². The van der Waals surface area contributed by atoms with Gasteiger partial charge in [0.2, 0.25) is 0 Å². The molecule has 0 aliphatic rings. The number of methoxy groups -OCH3 is 2. The fourth-order valence-electron chi connectivity index (χ4n) is 1.46. The van der Waals surface area contributed by atoms with E-state index in [1.807, 2.05) is 6.07 Å². The highest BCUT2D eigenvalue weighted by atomic mass is 16.5. The summed E-state index contributed by atoms with van der Waals surface area (Å²) in [7, 11) is 3.14. The number of hydrogen-bond donors (Lipinski definition) is 0. The molecule has 0 aliphatic heterocycles. The summed E-state index contributed by atoms with van der Waals surface area (Å²) in [6, 6.07) is 8.77. The van der Waals surface area contributed by atoms with Gasteiger partial charge in [0.05, 0.1) is 19.8 Å². The lowest BCUT2D eigenvalue weighted by molar-refractivity contribution is 0.397. The maximum Gasteiger partial charge on any atom is 0.184 e. The summed E-state index contributed by atoms with van der Waals surface area (Å²) in [5.41, 5.74) is 0.922. The second-order valence-corrected chi connectivity index (χ2v) is 3.25. The monoisotopic (exact) mass is 230 g/mol. The lowest BCUT2D eigenvalue weighted by Gasteiger charge is -2.07. The predicted octanol–water partition coefficient (Wildman–Crippen LogP) is 2.23. The average Bonchev–Trinajstić information content (AvgIpc) is 2.86. The molecule has 0 N–H and O–H groups in total. The van der Waals surface area contributed by atoms with E-state index >= 15 is 0 Å². The van der Waals surface area contributed by atoms with Gasteiger partial charge in [-0.2, -0.15) is 5.26 Å². The quantitative estimate of drug-likeness (QED) is 0.808. The molecule has 2 aromatic rings. The van der Waals surface area contributed by atoms with Crippen molar-refractivity contribution in [2.24, 2.45) is 0 Å². The van der Waals surface area contributed by atoms with Gasteiger partial charge in [0.25, 0.3) is 0 Å². The summed E-state index contributed by atoms with van der Waals surface area (Å²) in [6.45, 7) is 0. The zero-order valence-corrected chi connectivity index (χ0v) is 9.43. The Labute approximate surface area is 98.2 Å². The van der Waals surface area contributed by atoms with Crippen molar-refractivity contribution < 1.29 is 14.0 Å². The van der Waals surface area contributed by atoms with Crippen LogP contribution in [-0.2, 0) is 0 Å². The minimum Gasteiger partial charge on any atom is -0.497 e. The zero-order chi connectivity index (χ0) is 12.3. The number of ether oxygens (including phenoxy) is 2. The Kier molecular flexibility index (Phi) is 2.97. The largest absolute Gasteiger partial charge is 0.497 e. The Bertz CT molecular complexity index is 569. The fourth-order valence-corrected chi connectivity index (χ4v) is 1.46. The summed E-state index contributed by atoms with van der Waals surface area (Å²) < 4.78 is 15.4. The Morgan fingerprint density at radius 2 is 2.06 bits per heavy atom. The van der Waals surface area contributed by atoms with Crippen LogP contribution in [0.2, 0.25) is 0 Å². The number of nitrogens with zero attached hydrogens (tertiary/aromatic N) is 2. The molecule has 5 heteroatoms. The van der Waals surface area contributed by atoms with E-state index in [4.69, 9.17) is 19.3 Å². The third kappa shape index (κ3) is 2.06. The molecule has 1 aromatic carbocycles.